The van der Waals surface area contributed by atoms with E-state index in [0.717, 1.165) is 12.0 Å². The highest BCUT2D eigenvalue weighted by atomic mass is 16.1. The maximum atomic E-state index is 10.8. The predicted molar refractivity (Wildman–Crippen MR) is 44.3 cm³/mol. The van der Waals surface area contributed by atoms with Crippen molar-refractivity contribution in [2.45, 2.75) is 19.4 Å². The van der Waals surface area contributed by atoms with Crippen molar-refractivity contribution in [2.24, 2.45) is 5.73 Å². The van der Waals surface area contributed by atoms with Crippen molar-refractivity contribution in [1.29, 1.82) is 0 Å². The smallest absolute Gasteiger partial charge is 0.248 e. The van der Waals surface area contributed by atoms with E-state index in [2.05, 4.69) is 4.98 Å². The van der Waals surface area contributed by atoms with Crippen molar-refractivity contribution >= 4 is 0 Å². The number of pyridine rings is 1. The van der Waals surface area contributed by atoms with E-state index in [1.54, 1.807) is 6.20 Å². The molecule has 60 valence electrons. The molecule has 3 heteroatoms. The fourth-order valence-electron chi connectivity index (χ4n) is 0.928. The number of aromatic nitrogens is 1. The van der Waals surface area contributed by atoms with Crippen molar-refractivity contribution in [1.82, 2.24) is 4.98 Å². The SMILES string of the molecule is CC[C@H](N)c1cc[nH]c(=O)c1. The van der Waals surface area contributed by atoms with Gasteiger partial charge in [-0.3, -0.25) is 4.79 Å². The summed E-state index contributed by atoms with van der Waals surface area (Å²) in [5.41, 5.74) is 6.52. The Morgan fingerprint density at radius 2 is 2.45 bits per heavy atom. The Bertz CT molecular complexity index is 279. The number of nitrogens with one attached hydrogen (secondary N) is 1. The predicted octanol–water partition coefficient (Wildman–Crippen LogP) is 0.785. The van der Waals surface area contributed by atoms with Gasteiger partial charge in [-0.1, -0.05) is 6.92 Å². The molecule has 0 unspecified atom stereocenters. The van der Waals surface area contributed by atoms with Gasteiger partial charge in [0, 0.05) is 18.3 Å². The first-order valence-electron chi connectivity index (χ1n) is 3.68. The van der Waals surface area contributed by atoms with Gasteiger partial charge in [0.15, 0.2) is 0 Å². The molecule has 1 atom stereocenters. The van der Waals surface area contributed by atoms with Gasteiger partial charge in [0.2, 0.25) is 5.56 Å². The van der Waals surface area contributed by atoms with Gasteiger partial charge in [0.05, 0.1) is 0 Å². The van der Waals surface area contributed by atoms with E-state index in [-0.39, 0.29) is 11.6 Å². The molecule has 3 nitrogen and oxygen atoms in total. The first-order valence-corrected chi connectivity index (χ1v) is 3.68. The second-order valence-corrected chi connectivity index (χ2v) is 2.50. The van der Waals surface area contributed by atoms with Gasteiger partial charge < -0.3 is 10.7 Å². The van der Waals surface area contributed by atoms with Crippen LogP contribution in [-0.2, 0) is 0 Å². The molecule has 0 spiro atoms. The molecule has 0 fully saturated rings. The minimum absolute atomic E-state index is 0.0164. The van der Waals surface area contributed by atoms with Crippen LogP contribution in [0.3, 0.4) is 0 Å². The maximum Gasteiger partial charge on any atom is 0.248 e. The van der Waals surface area contributed by atoms with Gasteiger partial charge in [0.25, 0.3) is 0 Å². The van der Waals surface area contributed by atoms with Crippen LogP contribution in [0.25, 0.3) is 0 Å². The van der Waals surface area contributed by atoms with Crippen molar-refractivity contribution in [3.63, 3.8) is 0 Å². The lowest BCUT2D eigenvalue weighted by Crippen LogP contribution is -2.13. The fraction of sp³-hybridized carbons (Fsp3) is 0.375. The summed E-state index contributed by atoms with van der Waals surface area (Å²) in [5, 5.41) is 0. The van der Waals surface area contributed by atoms with Crippen LogP contribution in [0.1, 0.15) is 24.9 Å². The Labute approximate surface area is 65.2 Å². The van der Waals surface area contributed by atoms with E-state index in [9.17, 15) is 4.79 Å². The molecular formula is C8H12N2O. The number of rotatable bonds is 2. The van der Waals surface area contributed by atoms with Gasteiger partial charge in [-0.05, 0) is 18.1 Å². The normalized spacial score (nSPS) is 12.9. The van der Waals surface area contributed by atoms with Crippen molar-refractivity contribution in [3.05, 3.63) is 34.2 Å². The first kappa shape index (κ1) is 8.01. The zero-order valence-electron chi connectivity index (χ0n) is 6.50. The molecule has 0 saturated carbocycles. The van der Waals surface area contributed by atoms with Crippen LogP contribution >= 0.6 is 0 Å². The zero-order valence-corrected chi connectivity index (χ0v) is 6.50. The van der Waals surface area contributed by atoms with Crippen molar-refractivity contribution < 1.29 is 0 Å². The van der Waals surface area contributed by atoms with Crippen molar-refractivity contribution in [2.75, 3.05) is 0 Å². The van der Waals surface area contributed by atoms with Crippen LogP contribution in [-0.4, -0.2) is 4.98 Å². The Hall–Kier alpha value is -1.09. The Kier molecular flexibility index (Phi) is 2.44. The molecule has 0 aromatic carbocycles. The van der Waals surface area contributed by atoms with Crippen LogP contribution in [0.2, 0.25) is 0 Å². The zero-order chi connectivity index (χ0) is 8.27. The third-order valence-electron chi connectivity index (χ3n) is 1.67. The minimum atomic E-state index is -0.0913. The molecule has 0 aliphatic carbocycles. The molecule has 0 aliphatic rings. The second-order valence-electron chi connectivity index (χ2n) is 2.50. The van der Waals surface area contributed by atoms with E-state index in [1.165, 1.54) is 6.07 Å². The lowest BCUT2D eigenvalue weighted by Gasteiger charge is -2.06. The molecule has 0 aliphatic heterocycles. The van der Waals surface area contributed by atoms with E-state index in [4.69, 9.17) is 5.73 Å². The molecular weight excluding hydrogens is 140 g/mol. The quantitative estimate of drug-likeness (QED) is 0.658. The van der Waals surface area contributed by atoms with Crippen LogP contribution in [0.5, 0.6) is 0 Å². The van der Waals surface area contributed by atoms with Gasteiger partial charge >= 0.3 is 0 Å². The van der Waals surface area contributed by atoms with Crippen LogP contribution in [0.4, 0.5) is 0 Å². The molecule has 1 heterocycles. The number of hydrogen-bond acceptors (Lipinski definition) is 2. The number of hydrogen-bond donors (Lipinski definition) is 2. The van der Waals surface area contributed by atoms with Gasteiger partial charge in [-0.15, -0.1) is 0 Å². The monoisotopic (exact) mass is 152 g/mol. The molecule has 0 amide bonds. The van der Waals surface area contributed by atoms with Crippen LogP contribution in [0, 0.1) is 0 Å². The van der Waals surface area contributed by atoms with Gasteiger partial charge in [-0.25, -0.2) is 0 Å². The number of nitrogens with two attached hydrogens (primary N) is 1. The summed E-state index contributed by atoms with van der Waals surface area (Å²) in [6.45, 7) is 1.99. The average molecular weight is 152 g/mol. The average Bonchev–Trinajstić information content (AvgIpc) is 2.03. The summed E-state index contributed by atoms with van der Waals surface area (Å²) in [6, 6.07) is 3.35. The minimum Gasteiger partial charge on any atom is -0.329 e. The van der Waals surface area contributed by atoms with Crippen LogP contribution in [0.15, 0.2) is 23.1 Å². The summed E-state index contributed by atoms with van der Waals surface area (Å²) < 4.78 is 0. The summed E-state index contributed by atoms with van der Waals surface area (Å²) >= 11 is 0. The molecule has 3 N–H and O–H groups in total. The fourth-order valence-corrected chi connectivity index (χ4v) is 0.928. The lowest BCUT2D eigenvalue weighted by atomic mass is 10.1. The molecule has 11 heavy (non-hydrogen) atoms. The number of H-pyrrole nitrogens is 1. The largest absolute Gasteiger partial charge is 0.329 e. The topological polar surface area (TPSA) is 58.9 Å². The molecule has 1 aromatic rings. The number of aromatic amines is 1. The second kappa shape index (κ2) is 3.34. The summed E-state index contributed by atoms with van der Waals surface area (Å²) in [7, 11) is 0. The third kappa shape index (κ3) is 1.91. The molecule has 0 saturated heterocycles. The molecule has 1 aromatic heterocycles. The Balaban J connectivity index is 2.96. The lowest BCUT2D eigenvalue weighted by molar-refractivity contribution is 0.696. The van der Waals surface area contributed by atoms with Crippen LogP contribution < -0.4 is 11.3 Å². The summed E-state index contributed by atoms with van der Waals surface area (Å²) in [5.74, 6) is 0. The van der Waals surface area contributed by atoms with Gasteiger partial charge in [-0.2, -0.15) is 0 Å². The highest BCUT2D eigenvalue weighted by Gasteiger charge is 2.01. The third-order valence-corrected chi connectivity index (χ3v) is 1.67. The van der Waals surface area contributed by atoms with E-state index >= 15 is 0 Å². The Morgan fingerprint density at radius 1 is 1.73 bits per heavy atom. The summed E-state index contributed by atoms with van der Waals surface area (Å²) in [4.78, 5) is 13.3. The van der Waals surface area contributed by atoms with Gasteiger partial charge in [0.1, 0.15) is 0 Å². The first-order chi connectivity index (χ1) is 5.24. The van der Waals surface area contributed by atoms with E-state index in [0.29, 0.717) is 0 Å². The molecule has 0 bridgehead atoms. The van der Waals surface area contributed by atoms with Crippen molar-refractivity contribution in [3.8, 4) is 0 Å². The molecule has 0 radical (unpaired) electrons. The van der Waals surface area contributed by atoms with E-state index in [1.807, 2.05) is 13.0 Å². The highest BCUT2D eigenvalue weighted by molar-refractivity contribution is 5.13. The Morgan fingerprint density at radius 3 is 3.00 bits per heavy atom. The van der Waals surface area contributed by atoms with E-state index < -0.39 is 0 Å². The summed E-state index contributed by atoms with van der Waals surface area (Å²) in [6.07, 6.45) is 2.47. The maximum absolute atomic E-state index is 10.8. The molecule has 1 rings (SSSR count). The standard InChI is InChI=1S/C8H12N2O/c1-2-7(9)6-3-4-10-8(11)5-6/h3-5,7H,2,9H2,1H3,(H,10,11)/t7-/m0/s1. The highest BCUT2D eigenvalue weighted by Crippen LogP contribution is 2.09.